The summed E-state index contributed by atoms with van der Waals surface area (Å²) in [6.45, 7) is 0. The molecule has 2 aromatic rings. The zero-order chi connectivity index (χ0) is 12.4. The van der Waals surface area contributed by atoms with Crippen LogP contribution in [-0.2, 0) is 0 Å². The minimum absolute atomic E-state index is 0.00603. The Labute approximate surface area is 111 Å². The van der Waals surface area contributed by atoms with E-state index < -0.39 is 0 Å². The summed E-state index contributed by atoms with van der Waals surface area (Å²) in [6.07, 6.45) is 6.38. The first-order chi connectivity index (χ1) is 8.84. The maximum Gasteiger partial charge on any atom is 0.191 e. The molecule has 5 heteroatoms. The number of H-pyrrole nitrogens is 1. The van der Waals surface area contributed by atoms with Gasteiger partial charge in [0, 0.05) is 0 Å². The van der Waals surface area contributed by atoms with Crippen molar-refractivity contribution in [1.29, 1.82) is 0 Å². The molecule has 0 saturated heterocycles. The quantitative estimate of drug-likeness (QED) is 0.893. The van der Waals surface area contributed by atoms with E-state index in [1.165, 1.54) is 32.1 Å². The van der Waals surface area contributed by atoms with Crippen LogP contribution in [0.4, 0.5) is 0 Å². The summed E-state index contributed by atoms with van der Waals surface area (Å²) in [5, 5.41) is 9.31. The molecule has 0 radical (unpaired) electrons. The van der Waals surface area contributed by atoms with Crippen molar-refractivity contribution in [3.63, 3.8) is 0 Å². The van der Waals surface area contributed by atoms with E-state index in [1.54, 1.807) is 11.3 Å². The summed E-state index contributed by atoms with van der Waals surface area (Å²) in [4.78, 5) is 5.64. The van der Waals surface area contributed by atoms with Crippen molar-refractivity contribution in [2.45, 2.75) is 38.1 Å². The molecule has 1 aliphatic carbocycles. The van der Waals surface area contributed by atoms with Crippen molar-refractivity contribution >= 4 is 11.3 Å². The van der Waals surface area contributed by atoms with Crippen LogP contribution in [0.5, 0.6) is 0 Å². The second-order valence-corrected chi connectivity index (χ2v) is 5.89. The van der Waals surface area contributed by atoms with Crippen molar-refractivity contribution in [2.24, 2.45) is 11.7 Å². The monoisotopic (exact) mass is 262 g/mol. The molecule has 2 heterocycles. The second kappa shape index (κ2) is 5.20. The number of aromatic nitrogens is 3. The van der Waals surface area contributed by atoms with Crippen LogP contribution in [0.3, 0.4) is 0 Å². The SMILES string of the molecule is NC(c1nc(-c2cccs2)n[nH]1)C1CCCCC1. The Balaban J connectivity index is 1.76. The maximum atomic E-state index is 6.31. The number of hydrogen-bond acceptors (Lipinski definition) is 4. The number of nitrogens with one attached hydrogen (secondary N) is 1. The lowest BCUT2D eigenvalue weighted by Gasteiger charge is -2.25. The van der Waals surface area contributed by atoms with Gasteiger partial charge in [0.2, 0.25) is 0 Å². The van der Waals surface area contributed by atoms with Crippen LogP contribution in [0.2, 0.25) is 0 Å². The van der Waals surface area contributed by atoms with E-state index in [0.29, 0.717) is 5.92 Å². The molecular formula is C13H18N4S. The summed E-state index contributed by atoms with van der Waals surface area (Å²) in [6, 6.07) is 4.05. The zero-order valence-electron chi connectivity index (χ0n) is 10.3. The van der Waals surface area contributed by atoms with Gasteiger partial charge in [-0.25, -0.2) is 4.98 Å². The minimum atomic E-state index is 0.00603. The Morgan fingerprint density at radius 2 is 2.17 bits per heavy atom. The molecule has 2 aromatic heterocycles. The van der Waals surface area contributed by atoms with E-state index in [2.05, 4.69) is 15.2 Å². The van der Waals surface area contributed by atoms with Crippen LogP contribution < -0.4 is 5.73 Å². The summed E-state index contributed by atoms with van der Waals surface area (Å²) in [7, 11) is 0. The Hall–Kier alpha value is -1.20. The number of hydrogen-bond donors (Lipinski definition) is 2. The summed E-state index contributed by atoms with van der Waals surface area (Å²) in [5.74, 6) is 2.17. The number of aromatic amines is 1. The van der Waals surface area contributed by atoms with Crippen molar-refractivity contribution in [1.82, 2.24) is 15.2 Å². The standard InChI is InChI=1S/C13H18N4S/c14-11(9-5-2-1-3-6-9)13-15-12(16-17-13)10-7-4-8-18-10/h4,7-9,11H,1-3,5-6,14H2,(H,15,16,17). The fraction of sp³-hybridized carbons (Fsp3) is 0.538. The van der Waals surface area contributed by atoms with Gasteiger partial charge in [0.05, 0.1) is 10.9 Å². The molecule has 1 aliphatic rings. The highest BCUT2D eigenvalue weighted by Gasteiger charge is 2.24. The summed E-state index contributed by atoms with van der Waals surface area (Å²) in [5.41, 5.74) is 6.31. The van der Waals surface area contributed by atoms with Gasteiger partial charge in [0.1, 0.15) is 5.82 Å². The lowest BCUT2D eigenvalue weighted by Crippen LogP contribution is -2.24. The van der Waals surface area contributed by atoms with E-state index in [-0.39, 0.29) is 6.04 Å². The molecule has 0 spiro atoms. The van der Waals surface area contributed by atoms with Gasteiger partial charge >= 0.3 is 0 Å². The van der Waals surface area contributed by atoms with Crippen molar-refractivity contribution in [3.8, 4) is 10.7 Å². The smallest absolute Gasteiger partial charge is 0.191 e. The highest BCUT2D eigenvalue weighted by molar-refractivity contribution is 7.13. The zero-order valence-corrected chi connectivity index (χ0v) is 11.1. The van der Waals surface area contributed by atoms with E-state index in [0.717, 1.165) is 16.5 Å². The fourth-order valence-corrected chi connectivity index (χ4v) is 3.31. The number of rotatable bonds is 3. The molecule has 1 saturated carbocycles. The molecule has 96 valence electrons. The van der Waals surface area contributed by atoms with Crippen LogP contribution in [0, 0.1) is 5.92 Å². The van der Waals surface area contributed by atoms with Gasteiger partial charge in [-0.2, -0.15) is 5.10 Å². The van der Waals surface area contributed by atoms with Crippen molar-refractivity contribution in [2.75, 3.05) is 0 Å². The van der Waals surface area contributed by atoms with Gasteiger partial charge in [-0.3, -0.25) is 5.10 Å². The van der Waals surface area contributed by atoms with Crippen LogP contribution in [-0.4, -0.2) is 15.2 Å². The van der Waals surface area contributed by atoms with Crippen molar-refractivity contribution < 1.29 is 0 Å². The van der Waals surface area contributed by atoms with Gasteiger partial charge in [-0.15, -0.1) is 11.3 Å². The molecule has 1 unspecified atom stereocenters. The predicted octanol–water partition coefficient (Wildman–Crippen LogP) is 3.11. The third-order valence-corrected chi connectivity index (χ3v) is 4.58. The van der Waals surface area contributed by atoms with E-state index in [1.807, 2.05) is 17.5 Å². The number of thiophene rings is 1. The molecule has 0 amide bonds. The van der Waals surface area contributed by atoms with Crippen LogP contribution in [0.1, 0.15) is 44.0 Å². The molecule has 1 fully saturated rings. The van der Waals surface area contributed by atoms with Gasteiger partial charge in [0.25, 0.3) is 0 Å². The minimum Gasteiger partial charge on any atom is -0.321 e. The van der Waals surface area contributed by atoms with Crippen LogP contribution in [0.15, 0.2) is 17.5 Å². The van der Waals surface area contributed by atoms with Crippen LogP contribution >= 0.6 is 11.3 Å². The molecular weight excluding hydrogens is 244 g/mol. The molecule has 0 aromatic carbocycles. The molecule has 18 heavy (non-hydrogen) atoms. The molecule has 0 aliphatic heterocycles. The van der Waals surface area contributed by atoms with Gasteiger partial charge in [-0.1, -0.05) is 25.3 Å². The fourth-order valence-electron chi connectivity index (χ4n) is 2.66. The average Bonchev–Trinajstić information content (AvgIpc) is 3.09. The normalized spacial score (nSPS) is 18.9. The van der Waals surface area contributed by atoms with Gasteiger partial charge in [-0.05, 0) is 30.2 Å². The predicted molar refractivity (Wildman–Crippen MR) is 73.2 cm³/mol. The molecule has 0 bridgehead atoms. The van der Waals surface area contributed by atoms with Crippen molar-refractivity contribution in [3.05, 3.63) is 23.3 Å². The lowest BCUT2D eigenvalue weighted by atomic mass is 9.84. The first-order valence-corrected chi connectivity index (χ1v) is 7.44. The summed E-state index contributed by atoms with van der Waals surface area (Å²) >= 11 is 1.65. The molecule has 1 atom stereocenters. The Kier molecular flexibility index (Phi) is 3.43. The third-order valence-electron chi connectivity index (χ3n) is 3.72. The Bertz CT molecular complexity index is 485. The lowest BCUT2D eigenvalue weighted by molar-refractivity contribution is 0.301. The Morgan fingerprint density at radius 3 is 2.89 bits per heavy atom. The average molecular weight is 262 g/mol. The van der Waals surface area contributed by atoms with E-state index in [4.69, 9.17) is 5.73 Å². The first-order valence-electron chi connectivity index (χ1n) is 6.56. The topological polar surface area (TPSA) is 67.6 Å². The second-order valence-electron chi connectivity index (χ2n) is 4.95. The molecule has 3 rings (SSSR count). The third kappa shape index (κ3) is 2.33. The largest absolute Gasteiger partial charge is 0.321 e. The number of nitrogens with two attached hydrogens (primary N) is 1. The highest BCUT2D eigenvalue weighted by Crippen LogP contribution is 2.32. The molecule has 3 N–H and O–H groups in total. The van der Waals surface area contributed by atoms with E-state index in [9.17, 15) is 0 Å². The maximum absolute atomic E-state index is 6.31. The first kappa shape index (κ1) is 11.9. The Morgan fingerprint density at radius 1 is 1.33 bits per heavy atom. The van der Waals surface area contributed by atoms with Gasteiger partial charge < -0.3 is 5.73 Å². The van der Waals surface area contributed by atoms with E-state index >= 15 is 0 Å². The summed E-state index contributed by atoms with van der Waals surface area (Å²) < 4.78 is 0. The van der Waals surface area contributed by atoms with Crippen LogP contribution in [0.25, 0.3) is 10.7 Å². The van der Waals surface area contributed by atoms with Gasteiger partial charge in [0.15, 0.2) is 5.82 Å². The molecule has 4 nitrogen and oxygen atoms in total. The highest BCUT2D eigenvalue weighted by atomic mass is 32.1. The number of nitrogens with zero attached hydrogens (tertiary/aromatic N) is 2.